The normalized spacial score (nSPS) is 11.9. The van der Waals surface area contributed by atoms with Crippen LogP contribution in [0.1, 0.15) is 19.5 Å². The third-order valence-electron chi connectivity index (χ3n) is 3.90. The lowest BCUT2D eigenvalue weighted by atomic mass is 10.3. The summed E-state index contributed by atoms with van der Waals surface area (Å²) in [6, 6.07) is 10.1. The number of nitrogens with zero attached hydrogens (tertiary/aromatic N) is 2. The summed E-state index contributed by atoms with van der Waals surface area (Å²) in [5.74, 6) is 1.32. The van der Waals surface area contributed by atoms with Crippen molar-refractivity contribution in [1.29, 1.82) is 0 Å². The second kappa shape index (κ2) is 7.98. The predicted octanol–water partition coefficient (Wildman–Crippen LogP) is 2.65. The molecule has 0 unspecified atom stereocenters. The molecule has 0 amide bonds. The third-order valence-corrected chi connectivity index (χ3v) is 5.37. The fourth-order valence-electron chi connectivity index (χ4n) is 2.68. The molecule has 0 fully saturated rings. The zero-order valence-electron chi connectivity index (χ0n) is 15.5. The van der Waals surface area contributed by atoms with Crippen molar-refractivity contribution in [3.05, 3.63) is 54.5 Å². The number of methoxy groups -OCH3 is 1. The van der Waals surface area contributed by atoms with E-state index in [1.54, 1.807) is 19.2 Å². The van der Waals surface area contributed by atoms with Gasteiger partial charge in [0.15, 0.2) is 11.4 Å². The highest BCUT2D eigenvalue weighted by molar-refractivity contribution is 7.89. The summed E-state index contributed by atoms with van der Waals surface area (Å²) in [6.07, 6.45) is 4.25. The molecule has 0 radical (unpaired) electrons. The van der Waals surface area contributed by atoms with E-state index in [4.69, 9.17) is 9.47 Å². The van der Waals surface area contributed by atoms with Crippen LogP contribution in [0.3, 0.4) is 0 Å². The number of pyridine rings is 1. The van der Waals surface area contributed by atoms with Gasteiger partial charge in [-0.2, -0.15) is 0 Å². The molecule has 3 rings (SSSR count). The Bertz CT molecular complexity index is 1010. The summed E-state index contributed by atoms with van der Waals surface area (Å²) in [7, 11) is -1.99. The van der Waals surface area contributed by atoms with Gasteiger partial charge in [-0.15, -0.1) is 0 Å². The highest BCUT2D eigenvalue weighted by atomic mass is 32.2. The van der Waals surface area contributed by atoms with Gasteiger partial charge in [0.2, 0.25) is 10.0 Å². The highest BCUT2D eigenvalue weighted by Gasteiger charge is 2.14. The molecule has 0 bridgehead atoms. The molecule has 0 saturated carbocycles. The van der Waals surface area contributed by atoms with Crippen LogP contribution in [0, 0.1) is 0 Å². The molecular formula is C19H23N3O4S. The molecule has 1 N–H and O–H groups in total. The third kappa shape index (κ3) is 4.58. The van der Waals surface area contributed by atoms with Crippen molar-refractivity contribution in [1.82, 2.24) is 14.1 Å². The molecule has 27 heavy (non-hydrogen) atoms. The molecule has 0 aliphatic rings. The topological polar surface area (TPSA) is 81.9 Å². The van der Waals surface area contributed by atoms with Crippen molar-refractivity contribution in [3.8, 4) is 11.5 Å². The van der Waals surface area contributed by atoms with Gasteiger partial charge in [0.25, 0.3) is 0 Å². The first-order valence-corrected chi connectivity index (χ1v) is 10.1. The molecule has 0 aliphatic heterocycles. The smallest absolute Gasteiger partial charge is 0.240 e. The van der Waals surface area contributed by atoms with E-state index in [1.807, 2.05) is 42.8 Å². The average Bonchev–Trinajstić information content (AvgIpc) is 3.04. The van der Waals surface area contributed by atoms with Gasteiger partial charge in [-0.3, -0.25) is 0 Å². The molecule has 3 aromatic rings. The molecule has 0 aliphatic carbocycles. The fourth-order valence-corrected chi connectivity index (χ4v) is 3.72. The second-order valence-corrected chi connectivity index (χ2v) is 8.09. The first-order valence-electron chi connectivity index (χ1n) is 8.66. The van der Waals surface area contributed by atoms with E-state index >= 15 is 0 Å². The summed E-state index contributed by atoms with van der Waals surface area (Å²) in [5.41, 5.74) is 1.49. The summed E-state index contributed by atoms with van der Waals surface area (Å²) in [4.78, 5) is 4.71. The average molecular weight is 389 g/mol. The molecule has 2 heterocycles. The maximum Gasteiger partial charge on any atom is 0.240 e. The predicted molar refractivity (Wildman–Crippen MR) is 103 cm³/mol. The van der Waals surface area contributed by atoms with Gasteiger partial charge in [0.05, 0.1) is 23.8 Å². The minimum Gasteiger partial charge on any atom is -0.493 e. The van der Waals surface area contributed by atoms with E-state index in [1.165, 1.54) is 12.1 Å². The highest BCUT2D eigenvalue weighted by Crippen LogP contribution is 2.19. The number of aromatic nitrogens is 2. The number of rotatable bonds is 8. The van der Waals surface area contributed by atoms with E-state index in [9.17, 15) is 8.42 Å². The first-order chi connectivity index (χ1) is 12.9. The van der Waals surface area contributed by atoms with Gasteiger partial charge in [0, 0.05) is 25.4 Å². The van der Waals surface area contributed by atoms with Crippen LogP contribution in [0.4, 0.5) is 0 Å². The minimum absolute atomic E-state index is 0.0367. The van der Waals surface area contributed by atoms with Crippen LogP contribution in [-0.4, -0.2) is 37.6 Å². The quantitative estimate of drug-likeness (QED) is 0.640. The van der Waals surface area contributed by atoms with Crippen molar-refractivity contribution < 1.29 is 17.9 Å². The molecular weight excluding hydrogens is 366 g/mol. The van der Waals surface area contributed by atoms with Gasteiger partial charge in [-0.25, -0.2) is 18.1 Å². The molecule has 8 heteroatoms. The van der Waals surface area contributed by atoms with Gasteiger partial charge in [0.1, 0.15) is 5.75 Å². The number of imidazole rings is 1. The van der Waals surface area contributed by atoms with E-state index in [2.05, 4.69) is 9.71 Å². The Hall–Kier alpha value is -2.58. The van der Waals surface area contributed by atoms with Crippen LogP contribution in [0.25, 0.3) is 5.65 Å². The molecule has 144 valence electrons. The molecule has 0 spiro atoms. The standard InChI is InChI=1S/C19H23N3O4S/c1-14(2)26-16-6-8-17(9-7-16)27(23,24)20-11-10-15-13-22-12-4-5-18(25-3)19(22)21-15/h4-9,12-14,20H,10-11H2,1-3H3. The summed E-state index contributed by atoms with van der Waals surface area (Å²) < 4.78 is 40.1. The number of hydrogen-bond donors (Lipinski definition) is 1. The van der Waals surface area contributed by atoms with Crippen molar-refractivity contribution in [2.75, 3.05) is 13.7 Å². The van der Waals surface area contributed by atoms with Crippen LogP contribution < -0.4 is 14.2 Å². The van der Waals surface area contributed by atoms with Crippen LogP contribution in [0.5, 0.6) is 11.5 Å². The van der Waals surface area contributed by atoms with Gasteiger partial charge >= 0.3 is 0 Å². The zero-order chi connectivity index (χ0) is 19.4. The van der Waals surface area contributed by atoms with E-state index in [0.29, 0.717) is 23.6 Å². The number of sulfonamides is 1. The van der Waals surface area contributed by atoms with E-state index in [0.717, 1.165) is 5.69 Å². The Morgan fingerprint density at radius 2 is 1.93 bits per heavy atom. The molecule has 7 nitrogen and oxygen atoms in total. The Morgan fingerprint density at radius 3 is 2.59 bits per heavy atom. The molecule has 0 atom stereocenters. The first kappa shape index (κ1) is 19.2. The molecule has 2 aromatic heterocycles. The summed E-state index contributed by atoms with van der Waals surface area (Å²) >= 11 is 0. The lowest BCUT2D eigenvalue weighted by Gasteiger charge is -2.10. The van der Waals surface area contributed by atoms with Crippen LogP contribution in [0.2, 0.25) is 0 Å². The number of nitrogens with one attached hydrogen (secondary N) is 1. The Kier molecular flexibility index (Phi) is 5.67. The number of benzene rings is 1. The number of hydrogen-bond acceptors (Lipinski definition) is 5. The van der Waals surface area contributed by atoms with E-state index < -0.39 is 10.0 Å². The van der Waals surface area contributed by atoms with Gasteiger partial charge in [-0.1, -0.05) is 0 Å². The van der Waals surface area contributed by atoms with Crippen molar-refractivity contribution in [2.24, 2.45) is 0 Å². The van der Waals surface area contributed by atoms with Gasteiger partial charge < -0.3 is 13.9 Å². The summed E-state index contributed by atoms with van der Waals surface area (Å²) in [5, 5.41) is 0. The van der Waals surface area contributed by atoms with Crippen LogP contribution in [-0.2, 0) is 16.4 Å². The monoisotopic (exact) mass is 389 g/mol. The Balaban J connectivity index is 1.64. The van der Waals surface area contributed by atoms with Crippen LogP contribution in [0.15, 0.2) is 53.7 Å². The Morgan fingerprint density at radius 1 is 1.19 bits per heavy atom. The zero-order valence-corrected chi connectivity index (χ0v) is 16.4. The maximum absolute atomic E-state index is 12.4. The molecule has 0 saturated heterocycles. The van der Waals surface area contributed by atoms with Crippen molar-refractivity contribution >= 4 is 15.7 Å². The number of ether oxygens (including phenoxy) is 2. The number of fused-ring (bicyclic) bond motifs is 1. The van der Waals surface area contributed by atoms with Crippen molar-refractivity contribution in [3.63, 3.8) is 0 Å². The lowest BCUT2D eigenvalue weighted by Crippen LogP contribution is -2.26. The fraction of sp³-hybridized carbons (Fsp3) is 0.316. The molecule has 1 aromatic carbocycles. The second-order valence-electron chi connectivity index (χ2n) is 6.33. The van der Waals surface area contributed by atoms with E-state index in [-0.39, 0.29) is 17.5 Å². The SMILES string of the molecule is COc1cccn2cc(CCNS(=O)(=O)c3ccc(OC(C)C)cc3)nc12. The van der Waals surface area contributed by atoms with Crippen molar-refractivity contribution in [2.45, 2.75) is 31.3 Å². The summed E-state index contributed by atoms with van der Waals surface area (Å²) in [6.45, 7) is 4.08. The Labute approximate surface area is 159 Å². The largest absolute Gasteiger partial charge is 0.493 e. The van der Waals surface area contributed by atoms with Crippen LogP contribution >= 0.6 is 0 Å². The maximum atomic E-state index is 12.4. The van der Waals surface area contributed by atoms with Gasteiger partial charge in [-0.05, 0) is 50.2 Å². The minimum atomic E-state index is -3.58. The lowest BCUT2D eigenvalue weighted by molar-refractivity contribution is 0.242.